The number of rotatable bonds is 4. The minimum absolute atomic E-state index is 0.262. The normalized spacial score (nSPS) is 25.9. The first kappa shape index (κ1) is 14.7. The highest BCUT2D eigenvalue weighted by molar-refractivity contribution is 5.82. The average molecular weight is 281 g/mol. The Bertz CT molecular complexity index is 437. The molecule has 0 aromatic carbocycles. The molecule has 1 aliphatic heterocycles. The summed E-state index contributed by atoms with van der Waals surface area (Å²) in [6.07, 6.45) is 2.64. The van der Waals surface area contributed by atoms with Gasteiger partial charge in [0.25, 0.3) is 0 Å². The van der Waals surface area contributed by atoms with Crippen molar-refractivity contribution in [2.45, 2.75) is 51.2 Å². The van der Waals surface area contributed by atoms with Crippen LogP contribution in [0, 0.1) is 5.92 Å². The van der Waals surface area contributed by atoms with Gasteiger partial charge in [0, 0.05) is 12.2 Å². The zero-order valence-corrected chi connectivity index (χ0v) is 12.3. The van der Waals surface area contributed by atoms with Gasteiger partial charge in [-0.05, 0) is 33.1 Å². The van der Waals surface area contributed by atoms with Gasteiger partial charge in [-0.3, -0.25) is 0 Å². The van der Waals surface area contributed by atoms with Crippen LogP contribution in [0.25, 0.3) is 0 Å². The first-order valence-electron chi connectivity index (χ1n) is 6.96. The molecule has 1 saturated heterocycles. The maximum absolute atomic E-state index is 11.8. The third-order valence-electron chi connectivity index (χ3n) is 3.46. The van der Waals surface area contributed by atoms with Crippen LogP contribution in [0.1, 0.15) is 40.0 Å². The molecular weight excluding hydrogens is 258 g/mol. The fourth-order valence-corrected chi connectivity index (χ4v) is 2.33. The molecule has 2 rings (SSSR count). The first-order valence-corrected chi connectivity index (χ1v) is 6.96. The molecule has 20 heavy (non-hydrogen) atoms. The Hall–Kier alpha value is -1.72. The zero-order chi connectivity index (χ0) is 15.0. The number of ether oxygens (including phenoxy) is 1. The molecule has 0 radical (unpaired) electrons. The van der Waals surface area contributed by atoms with E-state index in [4.69, 9.17) is 4.74 Å². The quantitative estimate of drug-likeness (QED) is 0.736. The molecule has 3 amide bonds. The average Bonchev–Trinajstić information content (AvgIpc) is 3.02. The monoisotopic (exact) mass is 281 g/mol. The molecule has 1 saturated carbocycles. The standard InChI is InChI=1S/C14H23N3O3/c1-9-14(7-10-5-6-10,17-11(18)16-9)8-15-12(19)20-13(2,3)4/h10H,1,5-8H2,2-4H3,(H,15,19)(H2,16,17,18). The van der Waals surface area contributed by atoms with Gasteiger partial charge in [0.05, 0.1) is 5.54 Å². The molecule has 0 aromatic rings. The largest absolute Gasteiger partial charge is 0.444 e. The summed E-state index contributed by atoms with van der Waals surface area (Å²) < 4.78 is 5.21. The van der Waals surface area contributed by atoms with Crippen LogP contribution in [0.3, 0.4) is 0 Å². The molecule has 0 bridgehead atoms. The Morgan fingerprint density at radius 2 is 2.15 bits per heavy atom. The molecule has 1 atom stereocenters. The Morgan fingerprint density at radius 3 is 2.60 bits per heavy atom. The molecule has 0 spiro atoms. The van der Waals surface area contributed by atoms with Crippen LogP contribution in [0.5, 0.6) is 0 Å². The summed E-state index contributed by atoms with van der Waals surface area (Å²) in [7, 11) is 0. The second-order valence-electron chi connectivity index (χ2n) is 6.64. The third kappa shape index (κ3) is 3.65. The lowest BCUT2D eigenvalue weighted by molar-refractivity contribution is 0.0514. The van der Waals surface area contributed by atoms with Crippen molar-refractivity contribution >= 4 is 12.1 Å². The molecule has 6 heteroatoms. The van der Waals surface area contributed by atoms with Crippen LogP contribution in [0.15, 0.2) is 12.3 Å². The van der Waals surface area contributed by atoms with E-state index >= 15 is 0 Å². The Balaban J connectivity index is 1.96. The molecule has 2 fully saturated rings. The van der Waals surface area contributed by atoms with Crippen LogP contribution in [0.2, 0.25) is 0 Å². The molecule has 0 aromatic heterocycles. The molecular formula is C14H23N3O3. The maximum Gasteiger partial charge on any atom is 0.407 e. The van der Waals surface area contributed by atoms with Gasteiger partial charge in [0.2, 0.25) is 0 Å². The number of hydrogen-bond acceptors (Lipinski definition) is 3. The van der Waals surface area contributed by atoms with Crippen LogP contribution < -0.4 is 16.0 Å². The summed E-state index contributed by atoms with van der Waals surface area (Å²) >= 11 is 0. The predicted octanol–water partition coefficient (Wildman–Crippen LogP) is 1.88. The number of urea groups is 1. The highest BCUT2D eigenvalue weighted by Crippen LogP contribution is 2.39. The molecule has 6 nitrogen and oxygen atoms in total. The van der Waals surface area contributed by atoms with Gasteiger partial charge in [-0.2, -0.15) is 0 Å². The van der Waals surface area contributed by atoms with Crippen molar-refractivity contribution in [3.8, 4) is 0 Å². The fraction of sp³-hybridized carbons (Fsp3) is 0.714. The summed E-state index contributed by atoms with van der Waals surface area (Å²) in [5.41, 5.74) is -0.526. The zero-order valence-electron chi connectivity index (χ0n) is 12.3. The van der Waals surface area contributed by atoms with Crippen molar-refractivity contribution < 1.29 is 14.3 Å². The number of carbonyl (C=O) groups excluding carboxylic acids is 2. The van der Waals surface area contributed by atoms with E-state index in [1.807, 2.05) is 20.8 Å². The molecule has 112 valence electrons. The van der Waals surface area contributed by atoms with Gasteiger partial charge in [-0.15, -0.1) is 0 Å². The minimum Gasteiger partial charge on any atom is -0.444 e. The van der Waals surface area contributed by atoms with Crippen molar-refractivity contribution in [1.82, 2.24) is 16.0 Å². The summed E-state index contributed by atoms with van der Waals surface area (Å²) in [5.74, 6) is 0.590. The molecule has 1 unspecified atom stereocenters. The van der Waals surface area contributed by atoms with Crippen molar-refractivity contribution in [2.24, 2.45) is 5.92 Å². The van der Waals surface area contributed by atoms with E-state index in [9.17, 15) is 9.59 Å². The van der Waals surface area contributed by atoms with Gasteiger partial charge >= 0.3 is 12.1 Å². The van der Waals surface area contributed by atoms with Crippen LogP contribution in [-0.4, -0.2) is 29.8 Å². The topological polar surface area (TPSA) is 79.5 Å². The van der Waals surface area contributed by atoms with Gasteiger partial charge < -0.3 is 20.7 Å². The van der Waals surface area contributed by atoms with Crippen LogP contribution in [-0.2, 0) is 4.74 Å². The van der Waals surface area contributed by atoms with Crippen LogP contribution >= 0.6 is 0 Å². The SMILES string of the molecule is C=C1NC(=O)NC1(CNC(=O)OC(C)(C)C)CC1CC1. The smallest absolute Gasteiger partial charge is 0.407 e. The third-order valence-corrected chi connectivity index (χ3v) is 3.46. The maximum atomic E-state index is 11.8. The Kier molecular flexibility index (Phi) is 3.67. The molecule has 2 aliphatic rings. The van der Waals surface area contributed by atoms with Crippen molar-refractivity contribution in [1.29, 1.82) is 0 Å². The highest BCUT2D eigenvalue weighted by atomic mass is 16.6. The van der Waals surface area contributed by atoms with Gasteiger partial charge in [0.15, 0.2) is 0 Å². The van der Waals surface area contributed by atoms with Crippen molar-refractivity contribution in [3.05, 3.63) is 12.3 Å². The van der Waals surface area contributed by atoms with Crippen molar-refractivity contribution in [3.63, 3.8) is 0 Å². The number of hydrogen-bond donors (Lipinski definition) is 3. The lowest BCUT2D eigenvalue weighted by Gasteiger charge is -2.30. The lowest BCUT2D eigenvalue weighted by atomic mass is 9.90. The van der Waals surface area contributed by atoms with E-state index in [1.54, 1.807) is 0 Å². The molecule has 1 heterocycles. The van der Waals surface area contributed by atoms with Crippen LogP contribution in [0.4, 0.5) is 9.59 Å². The number of carbonyl (C=O) groups is 2. The van der Waals surface area contributed by atoms with E-state index in [1.165, 1.54) is 0 Å². The first-order chi connectivity index (χ1) is 9.20. The second-order valence-corrected chi connectivity index (χ2v) is 6.64. The summed E-state index contributed by atoms with van der Waals surface area (Å²) in [4.78, 5) is 23.3. The molecule has 3 N–H and O–H groups in total. The van der Waals surface area contributed by atoms with Gasteiger partial charge in [-0.25, -0.2) is 9.59 Å². The Labute approximate surface area is 119 Å². The van der Waals surface area contributed by atoms with Gasteiger partial charge in [-0.1, -0.05) is 19.4 Å². The second kappa shape index (κ2) is 5.00. The summed E-state index contributed by atoms with van der Waals surface area (Å²) in [5, 5.41) is 8.29. The number of nitrogens with one attached hydrogen (secondary N) is 3. The summed E-state index contributed by atoms with van der Waals surface area (Å²) in [6, 6.07) is -0.262. The van der Waals surface area contributed by atoms with E-state index in [-0.39, 0.29) is 12.6 Å². The number of alkyl carbamates (subject to hydrolysis) is 1. The molecule has 1 aliphatic carbocycles. The number of amides is 3. The fourth-order valence-electron chi connectivity index (χ4n) is 2.33. The minimum atomic E-state index is -0.602. The Morgan fingerprint density at radius 1 is 1.50 bits per heavy atom. The van der Waals surface area contributed by atoms with E-state index in [0.29, 0.717) is 11.6 Å². The highest BCUT2D eigenvalue weighted by Gasteiger charge is 2.45. The summed E-state index contributed by atoms with van der Waals surface area (Å²) in [6.45, 7) is 9.62. The predicted molar refractivity (Wildman–Crippen MR) is 75.1 cm³/mol. The van der Waals surface area contributed by atoms with E-state index in [2.05, 4.69) is 22.5 Å². The van der Waals surface area contributed by atoms with E-state index in [0.717, 1.165) is 19.3 Å². The van der Waals surface area contributed by atoms with E-state index < -0.39 is 17.2 Å². The van der Waals surface area contributed by atoms with Crippen molar-refractivity contribution in [2.75, 3.05) is 6.54 Å². The van der Waals surface area contributed by atoms with Gasteiger partial charge in [0.1, 0.15) is 5.60 Å². The lowest BCUT2D eigenvalue weighted by Crippen LogP contribution is -2.52.